The molecule has 0 spiro atoms. The maximum Gasteiger partial charge on any atom is 0.339 e. The van der Waals surface area contributed by atoms with E-state index in [9.17, 15) is 18.3 Å². The maximum atomic E-state index is 11.6. The van der Waals surface area contributed by atoms with Gasteiger partial charge in [-0.15, -0.1) is 0 Å². The molecule has 0 fully saturated rings. The van der Waals surface area contributed by atoms with Crippen molar-refractivity contribution in [1.82, 2.24) is 4.98 Å². The van der Waals surface area contributed by atoms with Crippen LogP contribution in [0.4, 0.5) is 0 Å². The van der Waals surface area contributed by atoms with Crippen LogP contribution in [0.25, 0.3) is 0 Å². The van der Waals surface area contributed by atoms with Crippen LogP contribution in [0.1, 0.15) is 41.9 Å². The molecule has 0 saturated heterocycles. The minimum Gasteiger partial charge on any atom is -0.462 e. The van der Waals surface area contributed by atoms with Crippen LogP contribution in [-0.2, 0) is 19.0 Å². The summed E-state index contributed by atoms with van der Waals surface area (Å²) >= 11 is 0. The molecule has 0 radical (unpaired) electrons. The minimum atomic E-state index is -3.62. The van der Waals surface area contributed by atoms with Gasteiger partial charge < -0.3 is 9.84 Å². The topological polar surface area (TPSA) is 103 Å². The van der Waals surface area contributed by atoms with Crippen molar-refractivity contribution >= 4 is 16.1 Å². The monoisotopic (exact) mass is 317 g/mol. The Bertz CT molecular complexity index is 555. The Balaban J connectivity index is 2.58. The quantitative estimate of drug-likeness (QED) is 0.434. The molecule has 8 heteroatoms. The largest absolute Gasteiger partial charge is 0.462 e. The van der Waals surface area contributed by atoms with E-state index in [1.54, 1.807) is 0 Å². The number of esters is 1. The van der Waals surface area contributed by atoms with Crippen molar-refractivity contribution in [1.29, 1.82) is 0 Å². The van der Waals surface area contributed by atoms with Gasteiger partial charge in [0.05, 0.1) is 30.7 Å². The zero-order valence-electron chi connectivity index (χ0n) is 12.0. The molecule has 1 atom stereocenters. The van der Waals surface area contributed by atoms with Crippen molar-refractivity contribution in [2.45, 2.75) is 25.9 Å². The number of ether oxygens (including phenoxy) is 1. The smallest absolute Gasteiger partial charge is 0.339 e. The fourth-order valence-corrected chi connectivity index (χ4v) is 1.77. The number of pyridine rings is 1. The summed E-state index contributed by atoms with van der Waals surface area (Å²) in [6, 6.07) is 2.88. The van der Waals surface area contributed by atoms with Gasteiger partial charge in [0, 0.05) is 6.20 Å². The van der Waals surface area contributed by atoms with E-state index in [1.807, 2.05) is 6.92 Å². The number of carbonyl (C=O) groups is 1. The molecule has 1 aromatic heterocycles. The van der Waals surface area contributed by atoms with E-state index in [1.165, 1.54) is 18.3 Å². The summed E-state index contributed by atoms with van der Waals surface area (Å²) < 4.78 is 31.1. The van der Waals surface area contributed by atoms with Gasteiger partial charge >= 0.3 is 5.97 Å². The van der Waals surface area contributed by atoms with Crippen molar-refractivity contribution in [3.8, 4) is 0 Å². The zero-order valence-corrected chi connectivity index (χ0v) is 12.8. The number of rotatable bonds is 8. The van der Waals surface area contributed by atoms with Crippen LogP contribution in [0.5, 0.6) is 0 Å². The van der Waals surface area contributed by atoms with Crippen molar-refractivity contribution in [3.05, 3.63) is 29.6 Å². The van der Waals surface area contributed by atoms with Crippen LogP contribution in [0.3, 0.4) is 0 Å². The van der Waals surface area contributed by atoms with Gasteiger partial charge in [0.15, 0.2) is 0 Å². The molecule has 0 aromatic carbocycles. The third-order valence-corrected chi connectivity index (χ3v) is 3.10. The lowest BCUT2D eigenvalue weighted by Crippen LogP contribution is -2.13. The zero-order chi connectivity index (χ0) is 15.9. The Morgan fingerprint density at radius 3 is 2.67 bits per heavy atom. The second-order valence-corrected chi connectivity index (χ2v) is 6.11. The highest BCUT2D eigenvalue weighted by Crippen LogP contribution is 2.12. The molecule has 7 nitrogen and oxygen atoms in total. The highest BCUT2D eigenvalue weighted by Gasteiger charge is 2.14. The van der Waals surface area contributed by atoms with Gasteiger partial charge in [0.2, 0.25) is 0 Å². The Morgan fingerprint density at radius 2 is 2.14 bits per heavy atom. The van der Waals surface area contributed by atoms with Crippen molar-refractivity contribution in [2.24, 2.45) is 0 Å². The number of aromatic nitrogens is 1. The second-order valence-electron chi connectivity index (χ2n) is 4.47. The van der Waals surface area contributed by atoms with Crippen LogP contribution in [0.2, 0.25) is 0 Å². The first-order valence-electron chi connectivity index (χ1n) is 6.49. The third kappa shape index (κ3) is 6.65. The lowest BCUT2D eigenvalue weighted by atomic mass is 10.2. The summed E-state index contributed by atoms with van der Waals surface area (Å²) in [6.07, 6.45) is 2.69. The highest BCUT2D eigenvalue weighted by molar-refractivity contribution is 7.85. The highest BCUT2D eigenvalue weighted by atomic mass is 32.2. The van der Waals surface area contributed by atoms with E-state index >= 15 is 0 Å². The minimum absolute atomic E-state index is 0.212. The lowest BCUT2D eigenvalue weighted by molar-refractivity contribution is 0.0498. The second kappa shape index (κ2) is 8.06. The molecule has 1 aromatic rings. The number of aliphatic hydroxyl groups is 1. The van der Waals surface area contributed by atoms with Crippen molar-refractivity contribution in [3.63, 3.8) is 0 Å². The van der Waals surface area contributed by atoms with Crippen LogP contribution < -0.4 is 0 Å². The van der Waals surface area contributed by atoms with Crippen LogP contribution in [0, 0.1) is 0 Å². The van der Waals surface area contributed by atoms with Gasteiger partial charge in [0.1, 0.15) is 6.10 Å². The number of unbranched alkanes of at least 4 members (excludes halogenated alkanes) is 1. The number of carbonyl (C=O) groups excluding carboxylic acids is 1. The molecular formula is C13H19NO6S. The predicted molar refractivity (Wildman–Crippen MR) is 75.2 cm³/mol. The summed E-state index contributed by atoms with van der Waals surface area (Å²) in [5, 5.41) is 9.72. The maximum absolute atomic E-state index is 11.6. The number of hydrogen-bond donors (Lipinski definition) is 1. The summed E-state index contributed by atoms with van der Waals surface area (Å²) in [5.41, 5.74) is 0.481. The fourth-order valence-electron chi connectivity index (χ4n) is 1.39. The molecule has 0 saturated carbocycles. The molecule has 118 valence electrons. The Labute approximate surface area is 124 Å². The van der Waals surface area contributed by atoms with Gasteiger partial charge in [-0.3, -0.25) is 9.17 Å². The van der Waals surface area contributed by atoms with E-state index in [-0.39, 0.29) is 11.3 Å². The van der Waals surface area contributed by atoms with E-state index in [4.69, 9.17) is 4.74 Å². The molecule has 0 aliphatic heterocycles. The fraction of sp³-hybridized carbons (Fsp3) is 0.538. The average molecular weight is 317 g/mol. The molecule has 0 aliphatic carbocycles. The van der Waals surface area contributed by atoms with Gasteiger partial charge in [-0.1, -0.05) is 13.3 Å². The number of aliphatic hydroxyl groups excluding tert-OH is 1. The SMILES string of the molecule is CCCCOC(=O)c1ccc([C@H](O)COS(C)(=O)=O)nc1. The molecule has 21 heavy (non-hydrogen) atoms. The van der Waals surface area contributed by atoms with Crippen LogP contribution >= 0.6 is 0 Å². The Hall–Kier alpha value is -1.51. The van der Waals surface area contributed by atoms with E-state index in [2.05, 4.69) is 9.17 Å². The summed E-state index contributed by atoms with van der Waals surface area (Å²) in [6.45, 7) is 1.91. The number of nitrogens with zero attached hydrogens (tertiary/aromatic N) is 1. The third-order valence-electron chi connectivity index (χ3n) is 2.53. The first-order valence-corrected chi connectivity index (χ1v) is 8.30. The summed E-state index contributed by atoms with van der Waals surface area (Å²) in [5.74, 6) is -0.482. The Kier molecular flexibility index (Phi) is 6.73. The van der Waals surface area contributed by atoms with Crippen LogP contribution in [-0.4, -0.2) is 43.9 Å². The first kappa shape index (κ1) is 17.5. The molecule has 0 bridgehead atoms. The molecule has 1 heterocycles. The number of hydrogen-bond acceptors (Lipinski definition) is 7. The average Bonchev–Trinajstić information content (AvgIpc) is 2.44. The molecule has 1 rings (SSSR count). The van der Waals surface area contributed by atoms with Crippen molar-refractivity contribution < 1.29 is 27.2 Å². The van der Waals surface area contributed by atoms with Crippen LogP contribution in [0.15, 0.2) is 18.3 Å². The first-order chi connectivity index (χ1) is 9.83. The predicted octanol–water partition coefficient (Wildman–Crippen LogP) is 1.05. The normalized spacial score (nSPS) is 12.9. The van der Waals surface area contributed by atoms with E-state index in [0.717, 1.165) is 19.1 Å². The standard InChI is InChI=1S/C13H19NO6S/c1-3-4-7-19-13(16)10-5-6-11(14-8-10)12(15)9-20-21(2,17)18/h5-6,8,12,15H,3-4,7,9H2,1-2H3/t12-/m1/s1. The Morgan fingerprint density at radius 1 is 1.43 bits per heavy atom. The molecular weight excluding hydrogens is 298 g/mol. The molecule has 1 N–H and O–H groups in total. The van der Waals surface area contributed by atoms with Crippen molar-refractivity contribution in [2.75, 3.05) is 19.5 Å². The summed E-state index contributed by atoms with van der Waals surface area (Å²) in [4.78, 5) is 15.5. The van der Waals surface area contributed by atoms with E-state index < -0.39 is 28.8 Å². The summed E-state index contributed by atoms with van der Waals surface area (Å²) in [7, 11) is -3.62. The molecule has 0 amide bonds. The van der Waals surface area contributed by atoms with Gasteiger partial charge in [-0.2, -0.15) is 8.42 Å². The van der Waals surface area contributed by atoms with Gasteiger partial charge in [-0.25, -0.2) is 4.79 Å². The van der Waals surface area contributed by atoms with Gasteiger partial charge in [-0.05, 0) is 18.6 Å². The molecule has 0 aliphatic rings. The lowest BCUT2D eigenvalue weighted by Gasteiger charge is -2.10. The van der Waals surface area contributed by atoms with E-state index in [0.29, 0.717) is 6.61 Å². The molecule has 0 unspecified atom stereocenters. The van der Waals surface area contributed by atoms with Gasteiger partial charge in [0.25, 0.3) is 10.1 Å².